The first-order valence-corrected chi connectivity index (χ1v) is 16.3. The van der Waals surface area contributed by atoms with E-state index in [9.17, 15) is 4.79 Å². The summed E-state index contributed by atoms with van der Waals surface area (Å²) in [6.07, 6.45) is 8.09. The zero-order valence-corrected chi connectivity index (χ0v) is 26.0. The Morgan fingerprint density at radius 3 is 2.64 bits per heavy atom. The van der Waals surface area contributed by atoms with Crippen molar-refractivity contribution in [2.75, 3.05) is 52.9 Å². The average Bonchev–Trinajstić information content (AvgIpc) is 3.21. The van der Waals surface area contributed by atoms with Gasteiger partial charge in [-0.3, -0.25) is 15.0 Å². The van der Waals surface area contributed by atoms with Crippen LogP contribution in [-0.2, 0) is 4.79 Å². The van der Waals surface area contributed by atoms with Crippen LogP contribution in [0.4, 0.5) is 0 Å². The number of unbranched alkanes of at least 4 members (excludes halogenated alkanes) is 2. The summed E-state index contributed by atoms with van der Waals surface area (Å²) in [7, 11) is 2.22. The summed E-state index contributed by atoms with van der Waals surface area (Å²) in [5.74, 6) is -0.0281. The third-order valence-corrected chi connectivity index (χ3v) is 10.6. The van der Waals surface area contributed by atoms with Crippen LogP contribution >= 0.6 is 11.6 Å². The topological polar surface area (TPSA) is 101 Å². The summed E-state index contributed by atoms with van der Waals surface area (Å²) in [6.45, 7) is 15.4. The van der Waals surface area contributed by atoms with Crippen LogP contribution in [0.3, 0.4) is 0 Å². The number of carbonyl (C=O) groups is 1. The Kier molecular flexibility index (Phi) is 11.0. The molecular weight excluding hydrogens is 512 g/mol. The molecule has 0 saturated carbocycles. The van der Waals surface area contributed by atoms with Crippen LogP contribution in [0.5, 0.6) is 0 Å². The molecule has 0 spiro atoms. The molecule has 226 valence electrons. The number of halogens is 1. The Hall–Kier alpha value is -0.520. The number of alkyl halides is 1. The van der Waals surface area contributed by atoms with Crippen molar-refractivity contribution in [2.45, 2.75) is 114 Å². The number of hydrogen-bond donors (Lipinski definition) is 5. The van der Waals surface area contributed by atoms with E-state index >= 15 is 0 Å². The normalized spacial score (nSPS) is 39.4. The van der Waals surface area contributed by atoms with Crippen LogP contribution in [0.25, 0.3) is 0 Å². The molecule has 39 heavy (non-hydrogen) atoms. The first kappa shape index (κ1) is 31.4. The maximum absolute atomic E-state index is 14.7. The van der Waals surface area contributed by atoms with Crippen LogP contribution in [0.2, 0.25) is 0 Å². The lowest BCUT2D eigenvalue weighted by atomic mass is 9.73. The highest BCUT2D eigenvalue weighted by Gasteiger charge is 2.62. The minimum atomic E-state index is -0.537. The fourth-order valence-corrected chi connectivity index (χ4v) is 8.23. The van der Waals surface area contributed by atoms with Gasteiger partial charge in [-0.1, -0.05) is 52.9 Å². The van der Waals surface area contributed by atoms with Gasteiger partial charge in [-0.2, -0.15) is 0 Å². The van der Waals surface area contributed by atoms with Crippen molar-refractivity contribution in [3.63, 3.8) is 0 Å². The van der Waals surface area contributed by atoms with Gasteiger partial charge in [0.1, 0.15) is 11.6 Å². The minimum absolute atomic E-state index is 0.0228. The number of fused-ring (bicyclic) bond motifs is 1. The van der Waals surface area contributed by atoms with Gasteiger partial charge < -0.3 is 21.3 Å². The Labute approximate surface area is 242 Å². The number of rotatable bonds is 11. The number of piperazine rings is 1. The Bertz CT molecular complexity index is 805. The van der Waals surface area contributed by atoms with Crippen LogP contribution in [-0.4, -0.2) is 108 Å². The van der Waals surface area contributed by atoms with Crippen LogP contribution in [0.15, 0.2) is 0 Å². The highest BCUT2D eigenvalue weighted by Crippen LogP contribution is 2.43. The molecule has 0 bridgehead atoms. The lowest BCUT2D eigenvalue weighted by Crippen LogP contribution is -2.75. The second-order valence-electron chi connectivity index (χ2n) is 12.8. The molecular formula is C29H57ClN8O. The summed E-state index contributed by atoms with van der Waals surface area (Å²) in [5.41, 5.74) is 9.47. The zero-order valence-electron chi connectivity index (χ0n) is 25.3. The maximum Gasteiger partial charge on any atom is 0.229 e. The first-order chi connectivity index (χ1) is 18.7. The van der Waals surface area contributed by atoms with Gasteiger partial charge >= 0.3 is 0 Å². The molecule has 1 amide bonds. The van der Waals surface area contributed by atoms with Gasteiger partial charge in [-0.25, -0.2) is 10.4 Å². The molecule has 4 saturated heterocycles. The summed E-state index contributed by atoms with van der Waals surface area (Å²) in [6, 6.07) is 0.827. The third kappa shape index (κ3) is 6.31. The second kappa shape index (κ2) is 13.6. The zero-order chi connectivity index (χ0) is 28.2. The van der Waals surface area contributed by atoms with Gasteiger partial charge in [0, 0.05) is 51.4 Å². The van der Waals surface area contributed by atoms with E-state index < -0.39 is 17.7 Å². The largest absolute Gasteiger partial charge is 0.347 e. The number of nitrogens with zero attached hydrogens (tertiary/aromatic N) is 3. The minimum Gasteiger partial charge on any atom is -0.347 e. The van der Waals surface area contributed by atoms with Crippen LogP contribution in [0, 0.1) is 11.8 Å². The number of carbonyl (C=O) groups excluding carboxylic acids is 1. The van der Waals surface area contributed by atoms with Crippen molar-refractivity contribution in [2.24, 2.45) is 17.6 Å². The number of hydrogen-bond acceptors (Lipinski definition) is 8. The van der Waals surface area contributed by atoms with E-state index in [1.165, 1.54) is 0 Å². The molecule has 4 fully saturated rings. The predicted octanol–water partition coefficient (Wildman–Crippen LogP) is 1.87. The Morgan fingerprint density at radius 1 is 1.18 bits per heavy atom. The van der Waals surface area contributed by atoms with E-state index in [4.69, 9.17) is 17.3 Å². The van der Waals surface area contributed by atoms with Crippen molar-refractivity contribution in [1.29, 1.82) is 0 Å². The Balaban J connectivity index is 1.66. The molecule has 6 N–H and O–H groups in total. The monoisotopic (exact) mass is 568 g/mol. The Morgan fingerprint density at radius 2 is 1.95 bits per heavy atom. The summed E-state index contributed by atoms with van der Waals surface area (Å²) in [5, 5.41) is 13.4. The molecule has 0 aromatic rings. The van der Waals surface area contributed by atoms with Gasteiger partial charge in [0.25, 0.3) is 0 Å². The quantitative estimate of drug-likeness (QED) is 0.241. The first-order valence-electron chi connectivity index (χ1n) is 15.9. The lowest BCUT2D eigenvalue weighted by Gasteiger charge is -2.54. The van der Waals surface area contributed by atoms with Gasteiger partial charge in [0.15, 0.2) is 0 Å². The van der Waals surface area contributed by atoms with Gasteiger partial charge in [-0.15, -0.1) is 11.6 Å². The molecule has 10 heteroatoms. The molecule has 0 aromatic heterocycles. The second-order valence-corrected chi connectivity index (χ2v) is 13.5. The number of hydrazine groups is 1. The van der Waals surface area contributed by atoms with E-state index in [1.54, 1.807) is 0 Å². The van der Waals surface area contributed by atoms with Gasteiger partial charge in [0.2, 0.25) is 5.91 Å². The molecule has 8 atom stereocenters. The molecule has 4 aliphatic heterocycles. The van der Waals surface area contributed by atoms with E-state index in [2.05, 4.69) is 70.9 Å². The fraction of sp³-hybridized carbons (Fsp3) is 0.966. The molecule has 0 aromatic carbocycles. The SMILES string of the molecule is CCCCC(CC)C12NCC(Cl)CN1NC(N)C2C(=O)NC1(CCCC)CNCCC1N1CCN(C)C(C)C1. The number of nitrogens with two attached hydrogens (primary N) is 1. The molecule has 0 radical (unpaired) electrons. The molecule has 4 aliphatic rings. The lowest BCUT2D eigenvalue weighted by molar-refractivity contribution is -0.137. The number of piperidine rings is 1. The predicted molar refractivity (Wildman–Crippen MR) is 160 cm³/mol. The highest BCUT2D eigenvalue weighted by molar-refractivity contribution is 6.21. The van der Waals surface area contributed by atoms with Crippen molar-refractivity contribution in [3.8, 4) is 0 Å². The van der Waals surface area contributed by atoms with Crippen molar-refractivity contribution in [3.05, 3.63) is 0 Å². The standard InChI is InChI=1S/C29H57ClN8O/c1-6-9-11-22(8-3)29-25(26(31)35-38(29)19-23(30)17-33-29)27(39)34-28(13-10-7-2)20-32-14-12-24(28)37-16-15-36(5)21(4)18-37/h21-26,32-33,35H,6-20,31H2,1-5H3,(H,34,39). The smallest absolute Gasteiger partial charge is 0.229 e. The fourth-order valence-electron chi connectivity index (χ4n) is 8.01. The van der Waals surface area contributed by atoms with E-state index in [-0.39, 0.29) is 16.8 Å². The molecule has 4 heterocycles. The molecule has 9 nitrogen and oxygen atoms in total. The van der Waals surface area contributed by atoms with Crippen molar-refractivity contribution in [1.82, 2.24) is 36.2 Å². The maximum atomic E-state index is 14.7. The van der Waals surface area contributed by atoms with Crippen LogP contribution in [0.1, 0.15) is 79.1 Å². The number of likely N-dealkylation sites (N-methyl/N-ethyl adjacent to an activating group) is 1. The van der Waals surface area contributed by atoms with Gasteiger partial charge in [-0.05, 0) is 45.7 Å². The van der Waals surface area contributed by atoms with Crippen molar-refractivity contribution < 1.29 is 4.79 Å². The number of nitrogens with one attached hydrogen (secondary N) is 4. The van der Waals surface area contributed by atoms with Crippen LogP contribution < -0.4 is 27.1 Å². The average molecular weight is 569 g/mol. The van der Waals surface area contributed by atoms with Crippen molar-refractivity contribution >= 4 is 17.5 Å². The van der Waals surface area contributed by atoms with Gasteiger partial charge in [0.05, 0.1) is 17.1 Å². The van der Waals surface area contributed by atoms with E-state index in [0.717, 1.165) is 84.1 Å². The summed E-state index contributed by atoms with van der Waals surface area (Å²) in [4.78, 5) is 19.8. The van der Waals surface area contributed by atoms with E-state index in [1.807, 2.05) is 0 Å². The van der Waals surface area contributed by atoms with E-state index in [0.29, 0.717) is 31.1 Å². The summed E-state index contributed by atoms with van der Waals surface area (Å²) >= 11 is 6.63. The molecule has 8 unspecified atom stereocenters. The molecule has 0 aliphatic carbocycles. The molecule has 4 rings (SSSR count). The number of amides is 1. The third-order valence-electron chi connectivity index (χ3n) is 10.3. The summed E-state index contributed by atoms with van der Waals surface area (Å²) < 4.78 is 0. The highest BCUT2D eigenvalue weighted by atomic mass is 35.5.